The number of aryl methyl sites for hydroxylation is 3. The predicted molar refractivity (Wildman–Crippen MR) is 94.8 cm³/mol. The quantitative estimate of drug-likeness (QED) is 0.527. The minimum atomic E-state index is 0.245. The summed E-state index contributed by atoms with van der Waals surface area (Å²) < 4.78 is 1.14. The maximum absolute atomic E-state index is 3.85. The highest BCUT2D eigenvalue weighted by Gasteiger charge is 2.13. The van der Waals surface area contributed by atoms with E-state index in [1.807, 2.05) is 0 Å². The van der Waals surface area contributed by atoms with E-state index in [9.17, 15) is 0 Å². The maximum Gasteiger partial charge on any atom is 0.0645 e. The summed E-state index contributed by atoms with van der Waals surface area (Å²) in [6, 6.07) is 13.4. The zero-order chi connectivity index (χ0) is 14.7. The molecule has 2 aromatic carbocycles. The van der Waals surface area contributed by atoms with Gasteiger partial charge in [0.15, 0.2) is 0 Å². The van der Waals surface area contributed by atoms with Crippen molar-refractivity contribution in [3.8, 4) is 0 Å². The van der Waals surface area contributed by atoms with Gasteiger partial charge in [-0.3, -0.25) is 0 Å². The van der Waals surface area contributed by atoms with E-state index in [2.05, 4.69) is 89.0 Å². The first-order valence-electron chi connectivity index (χ1n) is 7.08. The molecule has 0 aliphatic heterocycles. The fraction of sp³-hybridized carbons (Fsp3) is 0.333. The van der Waals surface area contributed by atoms with Gasteiger partial charge in [0.1, 0.15) is 0 Å². The van der Waals surface area contributed by atoms with Crippen LogP contribution in [0.4, 0.5) is 0 Å². The van der Waals surface area contributed by atoms with E-state index < -0.39 is 0 Å². The van der Waals surface area contributed by atoms with Crippen LogP contribution < -0.4 is 0 Å². The second kappa shape index (κ2) is 6.91. The molecule has 0 saturated carbocycles. The highest BCUT2D eigenvalue weighted by atomic mass is 79.9. The summed E-state index contributed by atoms with van der Waals surface area (Å²) in [4.78, 5) is 0.245. The molecular weight excluding hydrogens is 376 g/mol. The largest absolute Gasteiger partial charge is 0.0786 e. The van der Waals surface area contributed by atoms with E-state index in [-0.39, 0.29) is 4.83 Å². The van der Waals surface area contributed by atoms with E-state index in [4.69, 9.17) is 0 Å². The van der Waals surface area contributed by atoms with Gasteiger partial charge in [0.2, 0.25) is 0 Å². The number of hydrogen-bond acceptors (Lipinski definition) is 0. The molecule has 0 bridgehead atoms. The normalized spacial score (nSPS) is 12.4. The van der Waals surface area contributed by atoms with Crippen LogP contribution in [0.3, 0.4) is 0 Å². The van der Waals surface area contributed by atoms with Crippen LogP contribution in [0.1, 0.15) is 46.5 Å². The van der Waals surface area contributed by atoms with Gasteiger partial charge in [0.05, 0.1) is 4.83 Å². The van der Waals surface area contributed by atoms with E-state index >= 15 is 0 Å². The lowest BCUT2D eigenvalue weighted by atomic mass is 9.96. The van der Waals surface area contributed by atoms with Crippen molar-refractivity contribution in [1.82, 2.24) is 0 Å². The molecule has 0 aliphatic carbocycles. The first kappa shape index (κ1) is 15.8. The monoisotopic (exact) mass is 394 g/mol. The van der Waals surface area contributed by atoms with E-state index in [0.717, 1.165) is 17.3 Å². The zero-order valence-corrected chi connectivity index (χ0v) is 15.4. The lowest BCUT2D eigenvalue weighted by Gasteiger charge is -2.15. The number of halogens is 2. The van der Waals surface area contributed by atoms with Crippen LogP contribution in [-0.4, -0.2) is 0 Å². The SMILES string of the molecule is CCc1ccc(C(Br)c2cc(C)cc(Br)c2)cc1CC. The molecule has 0 N–H and O–H groups in total. The third kappa shape index (κ3) is 3.53. The van der Waals surface area contributed by atoms with Gasteiger partial charge in [-0.05, 0) is 59.7 Å². The van der Waals surface area contributed by atoms with E-state index in [1.165, 1.54) is 27.8 Å². The Morgan fingerprint density at radius 1 is 0.900 bits per heavy atom. The minimum absolute atomic E-state index is 0.245. The molecule has 2 heteroatoms. The molecule has 0 saturated heterocycles. The molecule has 0 aliphatic rings. The third-order valence-corrected chi connectivity index (χ3v) is 5.16. The van der Waals surface area contributed by atoms with Gasteiger partial charge in [-0.25, -0.2) is 0 Å². The van der Waals surface area contributed by atoms with Crippen molar-refractivity contribution >= 4 is 31.9 Å². The van der Waals surface area contributed by atoms with E-state index in [1.54, 1.807) is 0 Å². The standard InChI is InChI=1S/C18H20Br2/c1-4-13-6-7-15(10-14(13)5-2)18(20)16-8-12(3)9-17(19)11-16/h6-11,18H,4-5H2,1-3H3. The van der Waals surface area contributed by atoms with Gasteiger partial charge in [-0.15, -0.1) is 0 Å². The van der Waals surface area contributed by atoms with Crippen LogP contribution in [0.15, 0.2) is 40.9 Å². The second-order valence-corrected chi connectivity index (χ2v) is 6.99. The summed E-state index contributed by atoms with van der Waals surface area (Å²) in [5, 5.41) is 0. The van der Waals surface area contributed by atoms with Crippen molar-refractivity contribution in [1.29, 1.82) is 0 Å². The molecule has 1 unspecified atom stereocenters. The van der Waals surface area contributed by atoms with Crippen molar-refractivity contribution in [2.24, 2.45) is 0 Å². The molecule has 0 heterocycles. The summed E-state index contributed by atoms with van der Waals surface area (Å²) >= 11 is 7.44. The Morgan fingerprint density at radius 3 is 2.20 bits per heavy atom. The molecule has 0 aromatic heterocycles. The molecule has 0 amide bonds. The Morgan fingerprint density at radius 2 is 1.60 bits per heavy atom. The van der Waals surface area contributed by atoms with Crippen LogP contribution in [0.5, 0.6) is 0 Å². The fourth-order valence-corrected chi connectivity index (χ4v) is 3.76. The van der Waals surface area contributed by atoms with Crippen molar-refractivity contribution < 1.29 is 0 Å². The van der Waals surface area contributed by atoms with Crippen LogP contribution in [0, 0.1) is 6.92 Å². The zero-order valence-electron chi connectivity index (χ0n) is 12.2. The number of rotatable bonds is 4. The number of hydrogen-bond donors (Lipinski definition) is 0. The molecule has 106 valence electrons. The second-order valence-electron chi connectivity index (χ2n) is 5.16. The van der Waals surface area contributed by atoms with Gasteiger partial charge in [0.25, 0.3) is 0 Å². The molecular formula is C18H20Br2. The van der Waals surface area contributed by atoms with Gasteiger partial charge >= 0.3 is 0 Å². The smallest absolute Gasteiger partial charge is 0.0645 e. The average molecular weight is 396 g/mol. The molecule has 20 heavy (non-hydrogen) atoms. The molecule has 0 fully saturated rings. The summed E-state index contributed by atoms with van der Waals surface area (Å²) in [5.74, 6) is 0. The Balaban J connectivity index is 2.39. The number of alkyl halides is 1. The molecule has 0 nitrogen and oxygen atoms in total. The van der Waals surface area contributed by atoms with Crippen molar-refractivity contribution in [2.75, 3.05) is 0 Å². The van der Waals surface area contributed by atoms with Crippen LogP contribution in [-0.2, 0) is 12.8 Å². The van der Waals surface area contributed by atoms with Crippen molar-refractivity contribution in [3.05, 3.63) is 68.7 Å². The van der Waals surface area contributed by atoms with E-state index in [0.29, 0.717) is 0 Å². The summed E-state index contributed by atoms with van der Waals surface area (Å²) in [6.45, 7) is 6.58. The fourth-order valence-electron chi connectivity index (χ4n) is 2.58. The highest BCUT2D eigenvalue weighted by molar-refractivity contribution is 9.10. The van der Waals surface area contributed by atoms with Crippen molar-refractivity contribution in [2.45, 2.75) is 38.4 Å². The first-order valence-corrected chi connectivity index (χ1v) is 8.78. The topological polar surface area (TPSA) is 0 Å². The Hall–Kier alpha value is -0.600. The summed E-state index contributed by atoms with van der Waals surface area (Å²) in [7, 11) is 0. The molecule has 1 atom stereocenters. The molecule has 2 rings (SSSR count). The lowest BCUT2D eigenvalue weighted by molar-refractivity contribution is 1.02. The molecule has 0 spiro atoms. The van der Waals surface area contributed by atoms with Gasteiger partial charge in [-0.2, -0.15) is 0 Å². The third-order valence-electron chi connectivity index (χ3n) is 3.64. The highest BCUT2D eigenvalue weighted by Crippen LogP contribution is 2.34. The van der Waals surface area contributed by atoms with Crippen LogP contribution in [0.2, 0.25) is 0 Å². The Kier molecular flexibility index (Phi) is 5.45. The minimum Gasteiger partial charge on any atom is -0.0786 e. The Labute approximate surface area is 138 Å². The lowest BCUT2D eigenvalue weighted by Crippen LogP contribution is -1.98. The van der Waals surface area contributed by atoms with Gasteiger partial charge in [-0.1, -0.05) is 70.0 Å². The average Bonchev–Trinajstić information content (AvgIpc) is 2.44. The van der Waals surface area contributed by atoms with Gasteiger partial charge < -0.3 is 0 Å². The Bertz CT molecular complexity index is 582. The number of benzene rings is 2. The van der Waals surface area contributed by atoms with Crippen LogP contribution >= 0.6 is 31.9 Å². The molecule has 2 aromatic rings. The van der Waals surface area contributed by atoms with Crippen LogP contribution in [0.25, 0.3) is 0 Å². The van der Waals surface area contributed by atoms with Gasteiger partial charge in [0, 0.05) is 4.47 Å². The summed E-state index contributed by atoms with van der Waals surface area (Å²) in [6.07, 6.45) is 2.20. The first-order chi connectivity index (χ1) is 9.55. The molecule has 0 radical (unpaired) electrons. The summed E-state index contributed by atoms with van der Waals surface area (Å²) in [5.41, 5.74) is 6.82. The maximum atomic E-state index is 3.85. The van der Waals surface area contributed by atoms with Crippen molar-refractivity contribution in [3.63, 3.8) is 0 Å². The predicted octanol–water partition coefficient (Wildman–Crippen LogP) is 6.37.